The van der Waals surface area contributed by atoms with Gasteiger partial charge in [-0.05, 0) is 30.5 Å². The van der Waals surface area contributed by atoms with E-state index in [1.165, 1.54) is 25.7 Å². The zero-order valence-corrected chi connectivity index (χ0v) is 16.0. The molecular formula is C19H24IrNO2-. The molecule has 23 heavy (non-hydrogen) atoms. The minimum Gasteiger partial charge on any atom is -0.400 e. The maximum Gasteiger partial charge on any atom is 0.0319 e. The molecule has 127 valence electrons. The van der Waals surface area contributed by atoms with Crippen LogP contribution in [0.4, 0.5) is 0 Å². The maximum atomic E-state index is 7.00. The number of hydrogen-bond donors (Lipinski definition) is 2. The van der Waals surface area contributed by atoms with Crippen LogP contribution in [-0.2, 0) is 20.1 Å². The van der Waals surface area contributed by atoms with E-state index in [-0.39, 0.29) is 20.1 Å². The van der Waals surface area contributed by atoms with Crippen LogP contribution in [0.15, 0.2) is 36.5 Å². The molecule has 1 aromatic carbocycles. The molecule has 1 saturated carbocycles. The summed E-state index contributed by atoms with van der Waals surface area (Å²) in [6.45, 7) is 0. The van der Waals surface area contributed by atoms with Crippen LogP contribution in [0.25, 0.3) is 11.3 Å². The van der Waals surface area contributed by atoms with Crippen LogP contribution in [0.5, 0.6) is 0 Å². The molecule has 1 heterocycles. The normalized spacial score (nSPS) is 20.0. The third-order valence-electron chi connectivity index (χ3n) is 4.56. The molecule has 5 rings (SSSR count). The van der Waals surface area contributed by atoms with Gasteiger partial charge in [0, 0.05) is 40.5 Å². The maximum absolute atomic E-state index is 7.00. The molecule has 0 saturated heterocycles. The van der Waals surface area contributed by atoms with Gasteiger partial charge in [0.05, 0.1) is 0 Å². The standard InChI is InChI=1S/C17H16N.2CH4O.Ir/c1-2-10-18-17(3-1)14-8-9-15-12-4-6-13(7-5-12)16(15)11-14;2*1-2;/h1-3,9-13H,4-7H2;2*2H,1H3;/q-1;;;. The van der Waals surface area contributed by atoms with Crippen molar-refractivity contribution in [1.29, 1.82) is 0 Å². The molecule has 1 radical (unpaired) electrons. The average molecular weight is 491 g/mol. The number of aromatic nitrogens is 1. The van der Waals surface area contributed by atoms with Crippen LogP contribution < -0.4 is 0 Å². The van der Waals surface area contributed by atoms with Crippen molar-refractivity contribution >= 4 is 0 Å². The molecule has 3 aliphatic carbocycles. The van der Waals surface area contributed by atoms with E-state index in [1.54, 1.807) is 11.1 Å². The third kappa shape index (κ3) is 4.27. The Morgan fingerprint density at radius 2 is 1.57 bits per heavy atom. The number of nitrogens with zero attached hydrogens (tertiary/aromatic N) is 1. The summed E-state index contributed by atoms with van der Waals surface area (Å²) >= 11 is 0. The summed E-state index contributed by atoms with van der Waals surface area (Å²) in [6, 6.07) is 14.1. The largest absolute Gasteiger partial charge is 0.400 e. The van der Waals surface area contributed by atoms with Gasteiger partial charge in [0.2, 0.25) is 0 Å². The fourth-order valence-corrected chi connectivity index (χ4v) is 3.61. The number of fused-ring (bicyclic) bond motifs is 2. The number of aliphatic hydroxyl groups excluding tert-OH is 2. The fourth-order valence-electron chi connectivity index (χ4n) is 3.61. The number of hydrogen-bond acceptors (Lipinski definition) is 3. The number of benzene rings is 1. The Morgan fingerprint density at radius 1 is 0.957 bits per heavy atom. The summed E-state index contributed by atoms with van der Waals surface area (Å²) in [7, 11) is 2.00. The fraction of sp³-hybridized carbons (Fsp3) is 0.421. The summed E-state index contributed by atoms with van der Waals surface area (Å²) in [5, 5.41) is 14.0. The summed E-state index contributed by atoms with van der Waals surface area (Å²) in [5.41, 5.74) is 5.35. The molecule has 0 spiro atoms. The molecule has 0 amide bonds. The number of aliphatic hydroxyl groups is 2. The zero-order chi connectivity index (χ0) is 15.9. The SMILES string of the molecule is CO.CO.[Ir].[c-]1cc2c(cc1-c1ccccn1)C1CCC2CC1. The molecule has 3 nitrogen and oxygen atoms in total. The van der Waals surface area contributed by atoms with E-state index in [4.69, 9.17) is 10.2 Å². The number of pyridine rings is 1. The first-order valence-corrected chi connectivity index (χ1v) is 7.78. The summed E-state index contributed by atoms with van der Waals surface area (Å²) in [6.07, 6.45) is 7.38. The van der Waals surface area contributed by atoms with Crippen molar-refractivity contribution in [3.05, 3.63) is 53.7 Å². The number of rotatable bonds is 1. The Morgan fingerprint density at radius 3 is 2.13 bits per heavy atom. The van der Waals surface area contributed by atoms with Gasteiger partial charge in [-0.25, -0.2) is 0 Å². The van der Waals surface area contributed by atoms with Gasteiger partial charge < -0.3 is 15.2 Å². The van der Waals surface area contributed by atoms with Crippen LogP contribution in [0, 0.1) is 6.07 Å². The van der Waals surface area contributed by atoms with Crippen molar-refractivity contribution in [3.8, 4) is 11.3 Å². The Bertz CT molecular complexity index is 581. The molecule has 0 atom stereocenters. The van der Waals surface area contributed by atoms with E-state index < -0.39 is 0 Å². The second-order valence-corrected chi connectivity index (χ2v) is 5.52. The molecule has 1 fully saturated rings. The minimum atomic E-state index is 0. The monoisotopic (exact) mass is 491 g/mol. The second kappa shape index (κ2) is 9.94. The van der Waals surface area contributed by atoms with E-state index in [0.717, 1.165) is 37.3 Å². The van der Waals surface area contributed by atoms with Crippen LogP contribution >= 0.6 is 0 Å². The first-order valence-electron chi connectivity index (χ1n) is 7.78. The molecule has 2 aromatic rings. The van der Waals surface area contributed by atoms with Gasteiger partial charge >= 0.3 is 0 Å². The average Bonchev–Trinajstić information content (AvgIpc) is 2.66. The van der Waals surface area contributed by atoms with Gasteiger partial charge in [0.1, 0.15) is 0 Å². The van der Waals surface area contributed by atoms with Crippen molar-refractivity contribution < 1.29 is 30.3 Å². The third-order valence-corrected chi connectivity index (χ3v) is 4.56. The van der Waals surface area contributed by atoms with Gasteiger partial charge in [0.25, 0.3) is 0 Å². The molecule has 0 aliphatic heterocycles. The van der Waals surface area contributed by atoms with Crippen molar-refractivity contribution in [2.24, 2.45) is 0 Å². The van der Waals surface area contributed by atoms with Crippen molar-refractivity contribution in [2.75, 3.05) is 14.2 Å². The second-order valence-electron chi connectivity index (χ2n) is 5.52. The molecular weight excluding hydrogens is 466 g/mol. The topological polar surface area (TPSA) is 53.4 Å². The summed E-state index contributed by atoms with van der Waals surface area (Å²) in [4.78, 5) is 4.43. The van der Waals surface area contributed by atoms with E-state index >= 15 is 0 Å². The quantitative estimate of drug-likeness (QED) is 0.602. The van der Waals surface area contributed by atoms with Gasteiger partial charge in [-0.1, -0.05) is 30.9 Å². The Kier molecular flexibility index (Phi) is 8.64. The van der Waals surface area contributed by atoms with Crippen LogP contribution in [0.1, 0.15) is 48.6 Å². The smallest absolute Gasteiger partial charge is 0.0319 e. The zero-order valence-electron chi connectivity index (χ0n) is 13.6. The molecule has 0 unspecified atom stereocenters. The Balaban J connectivity index is 0.000000494. The first kappa shape index (κ1) is 20.0. The van der Waals surface area contributed by atoms with Gasteiger partial charge in [-0.3, -0.25) is 0 Å². The van der Waals surface area contributed by atoms with Gasteiger partial charge in [-0.15, -0.1) is 34.9 Å². The van der Waals surface area contributed by atoms with E-state index in [1.807, 2.05) is 18.3 Å². The van der Waals surface area contributed by atoms with Crippen molar-refractivity contribution in [1.82, 2.24) is 4.98 Å². The first-order chi connectivity index (χ1) is 10.9. The molecule has 4 heteroatoms. The molecule has 2 N–H and O–H groups in total. The van der Waals surface area contributed by atoms with E-state index in [9.17, 15) is 0 Å². The summed E-state index contributed by atoms with van der Waals surface area (Å²) < 4.78 is 0. The van der Waals surface area contributed by atoms with Crippen molar-refractivity contribution in [2.45, 2.75) is 37.5 Å². The molecule has 2 bridgehead atoms. The predicted molar refractivity (Wildman–Crippen MR) is 88.7 cm³/mol. The Hall–Kier alpha value is -1.06. The predicted octanol–water partition coefficient (Wildman–Crippen LogP) is 3.52. The van der Waals surface area contributed by atoms with Crippen LogP contribution in [-0.4, -0.2) is 29.4 Å². The minimum absolute atomic E-state index is 0. The molecule has 1 aromatic heterocycles. The van der Waals surface area contributed by atoms with E-state index in [0.29, 0.717) is 0 Å². The van der Waals surface area contributed by atoms with E-state index in [2.05, 4.69) is 29.2 Å². The van der Waals surface area contributed by atoms with Crippen molar-refractivity contribution in [3.63, 3.8) is 0 Å². The molecule has 3 aliphatic rings. The van der Waals surface area contributed by atoms with Gasteiger partial charge in [0.15, 0.2) is 0 Å². The van der Waals surface area contributed by atoms with Crippen LogP contribution in [0.2, 0.25) is 0 Å². The Labute approximate surface area is 152 Å². The van der Waals surface area contributed by atoms with Gasteiger partial charge in [-0.2, -0.15) is 0 Å². The van der Waals surface area contributed by atoms with Crippen LogP contribution in [0.3, 0.4) is 0 Å². The summed E-state index contributed by atoms with van der Waals surface area (Å²) in [5.74, 6) is 1.60.